The number of nitrogens with zero attached hydrogens (tertiary/aromatic N) is 1. The number of methoxy groups -OCH3 is 1. The SMILES string of the molecule is COc1cc(C#N)cc(Br)c1OC(C)=O. The molecule has 0 aliphatic carbocycles. The first kappa shape index (κ1) is 11.5. The number of rotatable bonds is 2. The molecule has 1 aromatic carbocycles. The van der Waals surface area contributed by atoms with Crippen LogP contribution in [0.3, 0.4) is 0 Å². The van der Waals surface area contributed by atoms with E-state index in [-0.39, 0.29) is 5.75 Å². The third-order valence-electron chi connectivity index (χ3n) is 1.60. The lowest BCUT2D eigenvalue weighted by atomic mass is 10.2. The fourth-order valence-electron chi connectivity index (χ4n) is 1.03. The molecule has 0 aliphatic heterocycles. The molecule has 0 N–H and O–H groups in total. The summed E-state index contributed by atoms with van der Waals surface area (Å²) in [6.45, 7) is 1.30. The number of benzene rings is 1. The minimum atomic E-state index is -0.446. The zero-order valence-corrected chi connectivity index (χ0v) is 9.79. The Labute approximate surface area is 95.5 Å². The maximum Gasteiger partial charge on any atom is 0.308 e. The topological polar surface area (TPSA) is 59.3 Å². The van der Waals surface area contributed by atoms with Gasteiger partial charge in [0.15, 0.2) is 11.5 Å². The first-order valence-electron chi connectivity index (χ1n) is 4.04. The van der Waals surface area contributed by atoms with E-state index in [0.29, 0.717) is 15.8 Å². The standard InChI is InChI=1S/C10H8BrNO3/c1-6(13)15-10-8(11)3-7(5-12)4-9(10)14-2/h3-4H,1-2H3. The van der Waals surface area contributed by atoms with Crippen molar-refractivity contribution in [3.05, 3.63) is 22.2 Å². The van der Waals surface area contributed by atoms with Gasteiger partial charge in [-0.05, 0) is 22.0 Å². The number of hydrogen-bond acceptors (Lipinski definition) is 4. The maximum absolute atomic E-state index is 10.8. The van der Waals surface area contributed by atoms with Gasteiger partial charge in [-0.3, -0.25) is 4.79 Å². The van der Waals surface area contributed by atoms with Crippen LogP contribution >= 0.6 is 15.9 Å². The van der Waals surface area contributed by atoms with E-state index in [2.05, 4.69) is 15.9 Å². The van der Waals surface area contributed by atoms with E-state index in [1.54, 1.807) is 6.07 Å². The Morgan fingerprint density at radius 3 is 2.67 bits per heavy atom. The van der Waals surface area contributed by atoms with Crippen LogP contribution in [0.2, 0.25) is 0 Å². The Balaban J connectivity index is 3.25. The van der Waals surface area contributed by atoms with E-state index >= 15 is 0 Å². The molecule has 15 heavy (non-hydrogen) atoms. The second-order valence-electron chi connectivity index (χ2n) is 2.69. The minimum absolute atomic E-state index is 0.281. The van der Waals surface area contributed by atoms with Crippen LogP contribution in [0.25, 0.3) is 0 Å². The van der Waals surface area contributed by atoms with Crippen molar-refractivity contribution in [2.75, 3.05) is 7.11 Å². The van der Waals surface area contributed by atoms with E-state index in [1.165, 1.54) is 20.1 Å². The molecule has 0 saturated carbocycles. The van der Waals surface area contributed by atoms with Crippen LogP contribution in [-0.4, -0.2) is 13.1 Å². The summed E-state index contributed by atoms with van der Waals surface area (Å²) in [4.78, 5) is 10.8. The Kier molecular flexibility index (Phi) is 3.69. The number of nitriles is 1. The average Bonchev–Trinajstić information content (AvgIpc) is 2.20. The van der Waals surface area contributed by atoms with E-state index < -0.39 is 5.97 Å². The van der Waals surface area contributed by atoms with E-state index in [4.69, 9.17) is 14.7 Å². The first-order valence-corrected chi connectivity index (χ1v) is 4.84. The summed E-state index contributed by atoms with van der Waals surface area (Å²) in [5.74, 6) is 0.179. The van der Waals surface area contributed by atoms with Crippen molar-refractivity contribution >= 4 is 21.9 Å². The quantitative estimate of drug-likeness (QED) is 0.611. The van der Waals surface area contributed by atoms with Gasteiger partial charge in [-0.25, -0.2) is 0 Å². The number of esters is 1. The van der Waals surface area contributed by atoms with Crippen molar-refractivity contribution < 1.29 is 14.3 Å². The van der Waals surface area contributed by atoms with Gasteiger partial charge in [0.2, 0.25) is 0 Å². The van der Waals surface area contributed by atoms with Gasteiger partial charge in [-0.2, -0.15) is 5.26 Å². The van der Waals surface area contributed by atoms with Gasteiger partial charge in [0, 0.05) is 13.0 Å². The number of carbonyl (C=O) groups excluding carboxylic acids is 1. The third-order valence-corrected chi connectivity index (χ3v) is 2.19. The van der Waals surface area contributed by atoms with Crippen molar-refractivity contribution in [1.29, 1.82) is 5.26 Å². The molecule has 0 heterocycles. The second kappa shape index (κ2) is 4.80. The molecule has 0 bridgehead atoms. The lowest BCUT2D eigenvalue weighted by Gasteiger charge is -2.09. The van der Waals surface area contributed by atoms with Gasteiger partial charge in [0.05, 0.1) is 23.2 Å². The van der Waals surface area contributed by atoms with Crippen LogP contribution in [0.5, 0.6) is 11.5 Å². The molecular formula is C10H8BrNO3. The summed E-state index contributed by atoms with van der Waals surface area (Å²) >= 11 is 3.20. The van der Waals surface area contributed by atoms with Crippen molar-refractivity contribution in [2.24, 2.45) is 0 Å². The molecule has 0 spiro atoms. The highest BCUT2D eigenvalue weighted by molar-refractivity contribution is 9.10. The molecule has 0 unspecified atom stereocenters. The summed E-state index contributed by atoms with van der Waals surface area (Å²) < 4.78 is 10.5. The summed E-state index contributed by atoms with van der Waals surface area (Å²) in [5, 5.41) is 8.72. The molecular weight excluding hydrogens is 262 g/mol. The molecule has 4 nitrogen and oxygen atoms in total. The zero-order chi connectivity index (χ0) is 11.4. The molecule has 0 radical (unpaired) electrons. The fraction of sp³-hybridized carbons (Fsp3) is 0.200. The van der Waals surface area contributed by atoms with E-state index in [1.807, 2.05) is 6.07 Å². The normalized spacial score (nSPS) is 9.20. The van der Waals surface area contributed by atoms with Crippen molar-refractivity contribution in [3.8, 4) is 17.6 Å². The second-order valence-corrected chi connectivity index (χ2v) is 3.55. The first-order chi connectivity index (χ1) is 7.08. The largest absolute Gasteiger partial charge is 0.493 e. The van der Waals surface area contributed by atoms with Crippen LogP contribution in [0, 0.1) is 11.3 Å². The molecule has 1 aromatic rings. The Morgan fingerprint density at radius 2 is 2.20 bits per heavy atom. The summed E-state index contributed by atoms with van der Waals surface area (Å²) in [5.41, 5.74) is 0.426. The average molecular weight is 270 g/mol. The van der Waals surface area contributed by atoms with Crippen LogP contribution in [0.15, 0.2) is 16.6 Å². The highest BCUT2D eigenvalue weighted by Gasteiger charge is 2.13. The molecule has 0 atom stereocenters. The van der Waals surface area contributed by atoms with Gasteiger partial charge < -0.3 is 9.47 Å². The van der Waals surface area contributed by atoms with Crippen LogP contribution in [0.1, 0.15) is 12.5 Å². The highest BCUT2D eigenvalue weighted by Crippen LogP contribution is 2.36. The number of hydrogen-bond donors (Lipinski definition) is 0. The summed E-state index contributed by atoms with van der Waals surface area (Å²) in [6.07, 6.45) is 0. The molecule has 0 amide bonds. The van der Waals surface area contributed by atoms with Crippen molar-refractivity contribution in [3.63, 3.8) is 0 Å². The van der Waals surface area contributed by atoms with Crippen molar-refractivity contribution in [2.45, 2.75) is 6.92 Å². The van der Waals surface area contributed by atoms with E-state index in [0.717, 1.165) is 0 Å². The Bertz CT molecular complexity index is 437. The van der Waals surface area contributed by atoms with Crippen LogP contribution in [-0.2, 0) is 4.79 Å². The third kappa shape index (κ3) is 2.70. The van der Waals surface area contributed by atoms with Gasteiger partial charge in [0.1, 0.15) is 0 Å². The lowest BCUT2D eigenvalue weighted by molar-refractivity contribution is -0.132. The van der Waals surface area contributed by atoms with Gasteiger partial charge in [-0.15, -0.1) is 0 Å². The predicted molar refractivity (Wildman–Crippen MR) is 56.7 cm³/mol. The van der Waals surface area contributed by atoms with Crippen LogP contribution < -0.4 is 9.47 Å². The molecule has 0 aromatic heterocycles. The molecule has 0 aliphatic rings. The molecule has 0 saturated heterocycles. The predicted octanol–water partition coefficient (Wildman–Crippen LogP) is 2.25. The van der Waals surface area contributed by atoms with Gasteiger partial charge >= 0.3 is 5.97 Å². The molecule has 78 valence electrons. The zero-order valence-electron chi connectivity index (χ0n) is 8.20. The maximum atomic E-state index is 10.8. The molecule has 1 rings (SSSR count). The van der Waals surface area contributed by atoms with Gasteiger partial charge in [0.25, 0.3) is 0 Å². The van der Waals surface area contributed by atoms with E-state index in [9.17, 15) is 4.79 Å². The van der Waals surface area contributed by atoms with Crippen LogP contribution in [0.4, 0.5) is 0 Å². The Hall–Kier alpha value is -1.54. The Morgan fingerprint density at radius 1 is 1.53 bits per heavy atom. The molecule has 5 heteroatoms. The fourth-order valence-corrected chi connectivity index (χ4v) is 1.55. The van der Waals surface area contributed by atoms with Gasteiger partial charge in [-0.1, -0.05) is 0 Å². The smallest absolute Gasteiger partial charge is 0.308 e. The monoisotopic (exact) mass is 269 g/mol. The number of carbonyl (C=O) groups is 1. The summed E-state index contributed by atoms with van der Waals surface area (Å²) in [6, 6.07) is 5.03. The lowest BCUT2D eigenvalue weighted by Crippen LogP contribution is -2.04. The number of halogens is 1. The number of ether oxygens (including phenoxy) is 2. The minimum Gasteiger partial charge on any atom is -0.493 e. The summed E-state index contributed by atoms with van der Waals surface area (Å²) in [7, 11) is 1.44. The van der Waals surface area contributed by atoms with Crippen molar-refractivity contribution in [1.82, 2.24) is 0 Å². The molecule has 0 fully saturated rings. The highest BCUT2D eigenvalue weighted by atomic mass is 79.9.